The van der Waals surface area contributed by atoms with Crippen LogP contribution in [0.3, 0.4) is 0 Å². The molecule has 1 N–H and O–H groups in total. The molecule has 1 amide bonds. The lowest BCUT2D eigenvalue weighted by Gasteiger charge is -2.18. The van der Waals surface area contributed by atoms with Gasteiger partial charge >= 0.3 is 5.76 Å². The summed E-state index contributed by atoms with van der Waals surface area (Å²) in [6.07, 6.45) is 3.61. The first-order valence-corrected chi connectivity index (χ1v) is 8.42. The van der Waals surface area contributed by atoms with Crippen molar-refractivity contribution in [3.63, 3.8) is 0 Å². The summed E-state index contributed by atoms with van der Waals surface area (Å²) in [4.78, 5) is 28.9. The second-order valence-corrected chi connectivity index (χ2v) is 6.24. The van der Waals surface area contributed by atoms with Crippen molar-refractivity contribution in [3.8, 4) is 0 Å². The predicted octanol–water partition coefficient (Wildman–Crippen LogP) is 1.47. The molecule has 4 rings (SSSR count). The van der Waals surface area contributed by atoms with Crippen LogP contribution in [-0.2, 0) is 17.9 Å². The minimum absolute atomic E-state index is 0.0840. The Bertz CT molecular complexity index is 966. The maximum absolute atomic E-state index is 12.6. The lowest BCUT2D eigenvalue weighted by molar-refractivity contribution is -0.122. The Morgan fingerprint density at radius 3 is 2.96 bits per heavy atom. The zero-order chi connectivity index (χ0) is 17.4. The van der Waals surface area contributed by atoms with Crippen molar-refractivity contribution in [1.82, 2.24) is 24.6 Å². The van der Waals surface area contributed by atoms with Crippen LogP contribution in [0.4, 0.5) is 0 Å². The molecule has 0 saturated heterocycles. The summed E-state index contributed by atoms with van der Waals surface area (Å²) in [6, 6.07) is 6.89. The third kappa shape index (κ3) is 2.95. The zero-order valence-electron chi connectivity index (χ0n) is 13.9. The van der Waals surface area contributed by atoms with Crippen LogP contribution in [0.5, 0.6) is 0 Å². The minimum atomic E-state index is -0.531. The molecule has 1 saturated carbocycles. The molecule has 0 spiro atoms. The average Bonchev–Trinajstić information content (AvgIpc) is 3.26. The van der Waals surface area contributed by atoms with Gasteiger partial charge in [0.1, 0.15) is 18.7 Å². The van der Waals surface area contributed by atoms with Crippen LogP contribution in [0, 0.1) is 5.92 Å². The maximum Gasteiger partial charge on any atom is 0.420 e. The first-order chi connectivity index (χ1) is 12.2. The van der Waals surface area contributed by atoms with E-state index in [2.05, 4.69) is 15.4 Å². The summed E-state index contributed by atoms with van der Waals surface area (Å²) in [5.41, 5.74) is 1.09. The normalized spacial score (nSPS) is 15.4. The molecule has 1 aliphatic rings. The fourth-order valence-corrected chi connectivity index (χ4v) is 3.11. The minimum Gasteiger partial charge on any atom is -0.408 e. The number of carbonyl (C=O) groups is 1. The number of oxazole rings is 1. The Hall–Kier alpha value is -2.90. The Balaban J connectivity index is 1.56. The van der Waals surface area contributed by atoms with Gasteiger partial charge in [0.25, 0.3) is 0 Å². The molecule has 25 heavy (non-hydrogen) atoms. The molecule has 0 unspecified atom stereocenters. The van der Waals surface area contributed by atoms with E-state index in [4.69, 9.17) is 4.42 Å². The van der Waals surface area contributed by atoms with Crippen LogP contribution in [-0.4, -0.2) is 25.2 Å². The molecule has 8 heteroatoms. The van der Waals surface area contributed by atoms with Crippen molar-refractivity contribution < 1.29 is 9.21 Å². The second kappa shape index (κ2) is 6.19. The van der Waals surface area contributed by atoms with Gasteiger partial charge in [-0.1, -0.05) is 12.1 Å². The first-order valence-electron chi connectivity index (χ1n) is 8.42. The predicted molar refractivity (Wildman–Crippen MR) is 89.8 cm³/mol. The molecule has 2 heterocycles. The van der Waals surface area contributed by atoms with Crippen molar-refractivity contribution in [2.24, 2.45) is 5.92 Å². The van der Waals surface area contributed by atoms with E-state index in [1.54, 1.807) is 22.9 Å². The SMILES string of the molecule is CCn1ncnc1[C@H](NC(=O)Cn1c(=O)oc2ccccc21)C1CC1. The third-order valence-electron chi connectivity index (χ3n) is 4.51. The van der Waals surface area contributed by atoms with E-state index in [0.717, 1.165) is 18.7 Å². The molecule has 1 fully saturated rings. The summed E-state index contributed by atoms with van der Waals surface area (Å²) in [6.45, 7) is 2.60. The highest BCUT2D eigenvalue weighted by Gasteiger charge is 2.36. The summed E-state index contributed by atoms with van der Waals surface area (Å²) in [7, 11) is 0. The number of para-hydroxylation sites is 2. The number of nitrogens with zero attached hydrogens (tertiary/aromatic N) is 4. The van der Waals surface area contributed by atoms with Gasteiger partial charge < -0.3 is 9.73 Å². The van der Waals surface area contributed by atoms with Crippen LogP contribution in [0.2, 0.25) is 0 Å². The third-order valence-corrected chi connectivity index (χ3v) is 4.51. The highest BCUT2D eigenvalue weighted by atomic mass is 16.4. The Morgan fingerprint density at radius 2 is 2.20 bits per heavy atom. The fourth-order valence-electron chi connectivity index (χ4n) is 3.11. The van der Waals surface area contributed by atoms with Gasteiger partial charge in [-0.3, -0.25) is 9.36 Å². The highest BCUT2D eigenvalue weighted by molar-refractivity contribution is 5.79. The number of benzene rings is 1. The first kappa shape index (κ1) is 15.6. The number of amides is 1. The van der Waals surface area contributed by atoms with E-state index < -0.39 is 5.76 Å². The van der Waals surface area contributed by atoms with Crippen molar-refractivity contribution in [3.05, 3.63) is 47.0 Å². The van der Waals surface area contributed by atoms with Crippen molar-refractivity contribution >= 4 is 17.0 Å². The molecule has 1 aliphatic carbocycles. The number of aromatic nitrogens is 4. The van der Waals surface area contributed by atoms with Gasteiger partial charge in [-0.15, -0.1) is 0 Å². The largest absolute Gasteiger partial charge is 0.420 e. The van der Waals surface area contributed by atoms with Crippen LogP contribution < -0.4 is 11.1 Å². The molecule has 8 nitrogen and oxygen atoms in total. The van der Waals surface area contributed by atoms with Gasteiger partial charge in [-0.25, -0.2) is 14.5 Å². The molecular weight excluding hydrogens is 322 g/mol. The smallest absolute Gasteiger partial charge is 0.408 e. The second-order valence-electron chi connectivity index (χ2n) is 6.24. The molecule has 3 aromatic rings. The average molecular weight is 341 g/mol. The van der Waals surface area contributed by atoms with E-state index in [1.807, 2.05) is 13.0 Å². The Labute approximate surface area is 143 Å². The van der Waals surface area contributed by atoms with Gasteiger partial charge in [0.05, 0.1) is 11.6 Å². The monoisotopic (exact) mass is 341 g/mol. The number of fused-ring (bicyclic) bond motifs is 1. The molecule has 1 aromatic carbocycles. The van der Waals surface area contributed by atoms with Crippen LogP contribution in [0.15, 0.2) is 39.8 Å². The van der Waals surface area contributed by atoms with E-state index in [-0.39, 0.29) is 18.5 Å². The lowest BCUT2D eigenvalue weighted by Crippen LogP contribution is -2.36. The number of aryl methyl sites for hydroxylation is 1. The highest BCUT2D eigenvalue weighted by Crippen LogP contribution is 2.40. The van der Waals surface area contributed by atoms with Crippen LogP contribution in [0.25, 0.3) is 11.1 Å². The van der Waals surface area contributed by atoms with Crippen molar-refractivity contribution in [2.75, 3.05) is 0 Å². The Kier molecular flexibility index (Phi) is 3.87. The van der Waals surface area contributed by atoms with E-state index in [9.17, 15) is 9.59 Å². The standard InChI is InChI=1S/C17H19N5O3/c1-2-22-16(18-10-19-22)15(11-7-8-11)20-14(23)9-21-12-5-3-4-6-13(12)25-17(21)24/h3-6,10-11,15H,2,7-9H2,1H3,(H,20,23)/t15-/m1/s1. The Morgan fingerprint density at radius 1 is 1.40 bits per heavy atom. The molecule has 130 valence electrons. The van der Waals surface area contributed by atoms with Crippen LogP contribution in [0.1, 0.15) is 31.6 Å². The van der Waals surface area contributed by atoms with Gasteiger partial charge in [0.15, 0.2) is 5.58 Å². The summed E-state index contributed by atoms with van der Waals surface area (Å²) < 4.78 is 8.32. The van der Waals surface area contributed by atoms with Crippen LogP contribution >= 0.6 is 0 Å². The number of nitrogens with one attached hydrogen (secondary N) is 1. The van der Waals surface area contributed by atoms with E-state index in [0.29, 0.717) is 23.6 Å². The molecule has 0 aliphatic heterocycles. The number of hydrogen-bond acceptors (Lipinski definition) is 5. The summed E-state index contributed by atoms with van der Waals surface area (Å²) in [5, 5.41) is 7.21. The maximum atomic E-state index is 12.6. The molecule has 2 aromatic heterocycles. The molecule has 0 bridgehead atoms. The lowest BCUT2D eigenvalue weighted by atomic mass is 10.1. The molecule has 1 atom stereocenters. The van der Waals surface area contributed by atoms with Gasteiger partial charge in [-0.05, 0) is 37.8 Å². The zero-order valence-corrected chi connectivity index (χ0v) is 13.9. The molecular formula is C17H19N5O3. The van der Waals surface area contributed by atoms with Crippen molar-refractivity contribution in [1.29, 1.82) is 0 Å². The van der Waals surface area contributed by atoms with Crippen molar-refractivity contribution in [2.45, 2.75) is 38.9 Å². The fraction of sp³-hybridized carbons (Fsp3) is 0.412. The quantitative estimate of drug-likeness (QED) is 0.733. The van der Waals surface area contributed by atoms with Gasteiger partial charge in [0.2, 0.25) is 5.91 Å². The number of hydrogen-bond donors (Lipinski definition) is 1. The topological polar surface area (TPSA) is 95.0 Å². The van der Waals surface area contributed by atoms with E-state index >= 15 is 0 Å². The number of carbonyl (C=O) groups excluding carboxylic acids is 1. The number of rotatable bonds is 6. The summed E-state index contributed by atoms with van der Waals surface area (Å²) >= 11 is 0. The van der Waals surface area contributed by atoms with Gasteiger partial charge in [0, 0.05) is 6.54 Å². The molecule has 0 radical (unpaired) electrons. The summed E-state index contributed by atoms with van der Waals surface area (Å²) in [5.74, 6) is 0.367. The van der Waals surface area contributed by atoms with E-state index in [1.165, 1.54) is 10.9 Å². The van der Waals surface area contributed by atoms with Gasteiger partial charge in [-0.2, -0.15) is 5.10 Å².